The molecule has 0 aromatic carbocycles. The van der Waals surface area contributed by atoms with Gasteiger partial charge in [-0.2, -0.15) is 0 Å². The van der Waals surface area contributed by atoms with Crippen molar-refractivity contribution in [2.45, 2.75) is 6.04 Å². The summed E-state index contributed by atoms with van der Waals surface area (Å²) in [4.78, 5) is 15.5. The van der Waals surface area contributed by atoms with E-state index in [9.17, 15) is 0 Å². The van der Waals surface area contributed by atoms with Crippen LogP contribution in [-0.2, 0) is 0 Å². The standard InChI is InChI=1S/C17H17N5O2/c1-22-13(11-4-3-10(18)7-19-11)9-24-14-8-20-12-5-6-15(23-2)21-16(12)17(14)22/h3-8,13H,9,18H2,1-2H3. The second-order valence-corrected chi connectivity index (χ2v) is 5.65. The Kier molecular flexibility index (Phi) is 3.34. The average Bonchev–Trinajstić information content (AvgIpc) is 2.62. The zero-order valence-electron chi connectivity index (χ0n) is 13.4. The van der Waals surface area contributed by atoms with Crippen LogP contribution in [-0.4, -0.2) is 35.7 Å². The molecule has 122 valence electrons. The van der Waals surface area contributed by atoms with Gasteiger partial charge in [-0.15, -0.1) is 0 Å². The Morgan fingerprint density at radius 1 is 1.21 bits per heavy atom. The van der Waals surface area contributed by atoms with Crippen LogP contribution in [0.4, 0.5) is 11.4 Å². The third-order valence-electron chi connectivity index (χ3n) is 4.20. The van der Waals surface area contributed by atoms with Crippen molar-refractivity contribution in [1.29, 1.82) is 0 Å². The molecule has 3 aromatic rings. The topological polar surface area (TPSA) is 86.4 Å². The van der Waals surface area contributed by atoms with Crippen LogP contribution in [0.5, 0.6) is 11.6 Å². The van der Waals surface area contributed by atoms with Crippen molar-refractivity contribution in [2.75, 3.05) is 31.4 Å². The summed E-state index contributed by atoms with van der Waals surface area (Å²) in [5, 5.41) is 0. The van der Waals surface area contributed by atoms with Gasteiger partial charge in [0, 0.05) is 13.1 Å². The Balaban J connectivity index is 1.84. The maximum atomic E-state index is 5.92. The lowest BCUT2D eigenvalue weighted by Crippen LogP contribution is -2.34. The first-order valence-corrected chi connectivity index (χ1v) is 7.58. The number of likely N-dealkylation sites (N-methyl/N-ethyl adjacent to an activating group) is 1. The molecule has 0 fully saturated rings. The minimum Gasteiger partial charge on any atom is -0.487 e. The summed E-state index contributed by atoms with van der Waals surface area (Å²) >= 11 is 0. The fraction of sp³-hybridized carbons (Fsp3) is 0.235. The van der Waals surface area contributed by atoms with Crippen molar-refractivity contribution in [3.05, 3.63) is 42.4 Å². The van der Waals surface area contributed by atoms with E-state index in [4.69, 9.17) is 15.2 Å². The Morgan fingerprint density at radius 2 is 2.08 bits per heavy atom. The predicted octanol–water partition coefficient (Wildman–Crippen LogP) is 2.19. The zero-order chi connectivity index (χ0) is 16.7. The molecule has 7 nitrogen and oxygen atoms in total. The van der Waals surface area contributed by atoms with Crippen LogP contribution in [0, 0.1) is 0 Å². The molecule has 0 aliphatic carbocycles. The fourth-order valence-electron chi connectivity index (χ4n) is 2.91. The number of anilines is 2. The van der Waals surface area contributed by atoms with Crippen molar-refractivity contribution < 1.29 is 9.47 Å². The van der Waals surface area contributed by atoms with Crippen molar-refractivity contribution in [1.82, 2.24) is 15.0 Å². The van der Waals surface area contributed by atoms with E-state index in [1.807, 2.05) is 25.2 Å². The highest BCUT2D eigenvalue weighted by Gasteiger charge is 2.29. The van der Waals surface area contributed by atoms with Gasteiger partial charge in [0.1, 0.15) is 23.9 Å². The molecule has 4 rings (SSSR count). The quantitative estimate of drug-likeness (QED) is 0.773. The van der Waals surface area contributed by atoms with Crippen LogP contribution in [0.3, 0.4) is 0 Å². The molecule has 1 aliphatic rings. The highest BCUT2D eigenvalue weighted by molar-refractivity contribution is 5.92. The molecular formula is C17H17N5O2. The van der Waals surface area contributed by atoms with E-state index in [0.717, 1.165) is 22.4 Å². The summed E-state index contributed by atoms with van der Waals surface area (Å²) < 4.78 is 11.2. The van der Waals surface area contributed by atoms with Crippen molar-refractivity contribution in [3.8, 4) is 11.6 Å². The van der Waals surface area contributed by atoms with E-state index in [-0.39, 0.29) is 6.04 Å². The first-order chi connectivity index (χ1) is 11.7. The third-order valence-corrected chi connectivity index (χ3v) is 4.20. The lowest BCUT2D eigenvalue weighted by Gasteiger charge is -2.35. The lowest BCUT2D eigenvalue weighted by atomic mass is 10.1. The number of nitrogens with two attached hydrogens (primary N) is 1. The van der Waals surface area contributed by atoms with Crippen LogP contribution < -0.4 is 20.1 Å². The van der Waals surface area contributed by atoms with E-state index in [2.05, 4.69) is 19.9 Å². The minimum atomic E-state index is -0.0308. The molecular weight excluding hydrogens is 306 g/mol. The monoisotopic (exact) mass is 323 g/mol. The van der Waals surface area contributed by atoms with Crippen LogP contribution in [0.1, 0.15) is 11.7 Å². The van der Waals surface area contributed by atoms with E-state index in [1.165, 1.54) is 0 Å². The van der Waals surface area contributed by atoms with Gasteiger partial charge >= 0.3 is 0 Å². The Morgan fingerprint density at radius 3 is 2.83 bits per heavy atom. The SMILES string of the molecule is COc1ccc2ncc3c(c2n1)N(C)C(c1ccc(N)cn1)CO3. The second kappa shape index (κ2) is 5.52. The highest BCUT2D eigenvalue weighted by Crippen LogP contribution is 2.41. The largest absolute Gasteiger partial charge is 0.487 e. The maximum absolute atomic E-state index is 5.92. The third kappa shape index (κ3) is 2.25. The molecule has 1 aliphatic heterocycles. The summed E-state index contributed by atoms with van der Waals surface area (Å²) in [7, 11) is 3.60. The van der Waals surface area contributed by atoms with Gasteiger partial charge in [-0.05, 0) is 18.2 Å². The molecule has 24 heavy (non-hydrogen) atoms. The van der Waals surface area contributed by atoms with E-state index >= 15 is 0 Å². The Labute approximate surface area is 139 Å². The summed E-state index contributed by atoms with van der Waals surface area (Å²) in [6, 6.07) is 7.42. The van der Waals surface area contributed by atoms with Crippen LogP contribution in [0.25, 0.3) is 11.0 Å². The highest BCUT2D eigenvalue weighted by atomic mass is 16.5. The molecule has 0 radical (unpaired) electrons. The number of hydrogen-bond donors (Lipinski definition) is 1. The van der Waals surface area contributed by atoms with Gasteiger partial charge in [0.15, 0.2) is 5.75 Å². The molecule has 0 amide bonds. The lowest BCUT2D eigenvalue weighted by molar-refractivity contribution is 0.266. The molecule has 0 bridgehead atoms. The number of hydrogen-bond acceptors (Lipinski definition) is 7. The van der Waals surface area contributed by atoms with Crippen molar-refractivity contribution >= 4 is 22.4 Å². The smallest absolute Gasteiger partial charge is 0.213 e. The Bertz CT molecular complexity index is 892. The summed E-state index contributed by atoms with van der Waals surface area (Å²) in [6.07, 6.45) is 3.39. The van der Waals surface area contributed by atoms with Crippen LogP contribution >= 0.6 is 0 Å². The number of methoxy groups -OCH3 is 1. The molecule has 4 heterocycles. The second-order valence-electron chi connectivity index (χ2n) is 5.65. The number of nitrogens with zero attached hydrogens (tertiary/aromatic N) is 4. The van der Waals surface area contributed by atoms with Gasteiger partial charge in [-0.1, -0.05) is 0 Å². The first kappa shape index (κ1) is 14.5. The Hall–Kier alpha value is -3.09. The number of rotatable bonds is 2. The summed E-state index contributed by atoms with van der Waals surface area (Å²) in [5.41, 5.74) is 9.68. The minimum absolute atomic E-state index is 0.0308. The molecule has 0 saturated heterocycles. The number of nitrogen functional groups attached to an aromatic ring is 1. The molecule has 1 unspecified atom stereocenters. The van der Waals surface area contributed by atoms with Gasteiger partial charge < -0.3 is 20.1 Å². The van der Waals surface area contributed by atoms with E-state index in [0.29, 0.717) is 23.9 Å². The first-order valence-electron chi connectivity index (χ1n) is 7.58. The maximum Gasteiger partial charge on any atom is 0.213 e. The van der Waals surface area contributed by atoms with Gasteiger partial charge in [-0.3, -0.25) is 9.97 Å². The molecule has 0 saturated carbocycles. The molecule has 2 N–H and O–H groups in total. The molecule has 3 aromatic heterocycles. The van der Waals surface area contributed by atoms with Crippen molar-refractivity contribution in [3.63, 3.8) is 0 Å². The summed E-state index contributed by atoms with van der Waals surface area (Å²) in [5.74, 6) is 1.25. The zero-order valence-corrected chi connectivity index (χ0v) is 13.4. The van der Waals surface area contributed by atoms with Crippen LogP contribution in [0.15, 0.2) is 36.7 Å². The van der Waals surface area contributed by atoms with Gasteiger partial charge in [-0.25, -0.2) is 4.98 Å². The number of fused-ring (bicyclic) bond motifs is 3. The molecule has 7 heteroatoms. The van der Waals surface area contributed by atoms with Gasteiger partial charge in [0.25, 0.3) is 0 Å². The van der Waals surface area contributed by atoms with Crippen LogP contribution in [0.2, 0.25) is 0 Å². The average molecular weight is 323 g/mol. The number of ether oxygens (including phenoxy) is 2. The van der Waals surface area contributed by atoms with Gasteiger partial charge in [0.2, 0.25) is 5.88 Å². The predicted molar refractivity (Wildman–Crippen MR) is 91.4 cm³/mol. The van der Waals surface area contributed by atoms with Gasteiger partial charge in [0.05, 0.1) is 36.4 Å². The summed E-state index contributed by atoms with van der Waals surface area (Å²) in [6.45, 7) is 0.484. The van der Waals surface area contributed by atoms with Crippen molar-refractivity contribution in [2.24, 2.45) is 0 Å². The molecule has 1 atom stereocenters. The van der Waals surface area contributed by atoms with E-state index in [1.54, 1.807) is 25.6 Å². The fourth-order valence-corrected chi connectivity index (χ4v) is 2.91. The number of pyridine rings is 3. The normalized spacial score (nSPS) is 16.6. The number of aromatic nitrogens is 3. The van der Waals surface area contributed by atoms with E-state index < -0.39 is 0 Å². The molecule has 0 spiro atoms.